The highest BCUT2D eigenvalue weighted by molar-refractivity contribution is 6.30. The summed E-state index contributed by atoms with van der Waals surface area (Å²) >= 11 is 5.89. The van der Waals surface area contributed by atoms with E-state index in [1.165, 1.54) is 6.07 Å². The first-order valence-corrected chi connectivity index (χ1v) is 9.51. The molecule has 1 aliphatic heterocycles. The fourth-order valence-corrected chi connectivity index (χ4v) is 3.56. The third-order valence-corrected chi connectivity index (χ3v) is 5.04. The molecule has 0 N–H and O–H groups in total. The zero-order valence-corrected chi connectivity index (χ0v) is 16.5. The summed E-state index contributed by atoms with van der Waals surface area (Å²) in [6.45, 7) is 3.24. The van der Waals surface area contributed by atoms with E-state index in [2.05, 4.69) is 0 Å². The molecular formula is C20H23ClN4O3. The van der Waals surface area contributed by atoms with Crippen molar-refractivity contribution in [2.24, 2.45) is 0 Å². The van der Waals surface area contributed by atoms with Crippen molar-refractivity contribution in [3.63, 3.8) is 0 Å². The highest BCUT2D eigenvalue weighted by Crippen LogP contribution is 2.31. The second-order valence-electron chi connectivity index (χ2n) is 6.92. The molecule has 0 aromatic heterocycles. The van der Waals surface area contributed by atoms with E-state index in [1.54, 1.807) is 12.1 Å². The molecule has 0 radical (unpaired) electrons. The summed E-state index contributed by atoms with van der Waals surface area (Å²) < 4.78 is 0. The van der Waals surface area contributed by atoms with Crippen molar-refractivity contribution in [3.05, 3.63) is 69.2 Å². The summed E-state index contributed by atoms with van der Waals surface area (Å²) in [6, 6.07) is 14.7. The number of nitro groups is 1. The first kappa shape index (κ1) is 20.1. The van der Waals surface area contributed by atoms with Gasteiger partial charge in [-0.25, -0.2) is 0 Å². The second-order valence-corrected chi connectivity index (χ2v) is 7.35. The summed E-state index contributed by atoms with van der Waals surface area (Å²) in [5, 5.41) is 11.6. The third kappa shape index (κ3) is 4.99. The van der Waals surface area contributed by atoms with E-state index >= 15 is 0 Å². The lowest BCUT2D eigenvalue weighted by Crippen LogP contribution is -2.51. The van der Waals surface area contributed by atoms with Crippen molar-refractivity contribution >= 4 is 28.9 Å². The Hall–Kier alpha value is -2.64. The molecular weight excluding hydrogens is 380 g/mol. The standard InChI is InChI=1S/C20H23ClN4O3/c1-22(14-16-5-3-2-4-6-16)15-20(26)24-11-9-23(10-12-24)18-8-7-17(21)13-19(18)25(27)28/h2-8,13H,9-12,14-15H2,1H3. The Balaban J connectivity index is 1.55. The van der Waals surface area contributed by atoms with Crippen LogP contribution in [0.4, 0.5) is 11.4 Å². The van der Waals surface area contributed by atoms with Crippen LogP contribution in [0.25, 0.3) is 0 Å². The minimum atomic E-state index is -0.419. The molecule has 1 saturated heterocycles. The quantitative estimate of drug-likeness (QED) is 0.548. The van der Waals surface area contributed by atoms with Crippen LogP contribution in [0.2, 0.25) is 5.02 Å². The van der Waals surface area contributed by atoms with Crippen LogP contribution < -0.4 is 4.90 Å². The summed E-state index contributed by atoms with van der Waals surface area (Å²) in [5.74, 6) is 0.0729. The molecule has 2 aromatic rings. The topological polar surface area (TPSA) is 69.9 Å². The van der Waals surface area contributed by atoms with Gasteiger partial charge in [0, 0.05) is 43.8 Å². The van der Waals surface area contributed by atoms with Crippen molar-refractivity contribution in [1.82, 2.24) is 9.80 Å². The lowest BCUT2D eigenvalue weighted by Gasteiger charge is -2.36. The van der Waals surface area contributed by atoms with Crippen LogP contribution in [0.3, 0.4) is 0 Å². The normalized spacial score (nSPS) is 14.4. The van der Waals surface area contributed by atoms with Gasteiger partial charge >= 0.3 is 0 Å². The summed E-state index contributed by atoms with van der Waals surface area (Å²) in [5.41, 5.74) is 1.70. The molecule has 3 rings (SSSR count). The monoisotopic (exact) mass is 402 g/mol. The van der Waals surface area contributed by atoms with E-state index in [9.17, 15) is 14.9 Å². The van der Waals surface area contributed by atoms with Crippen LogP contribution in [-0.2, 0) is 11.3 Å². The van der Waals surface area contributed by atoms with Gasteiger partial charge in [0.05, 0.1) is 11.5 Å². The number of amides is 1. The highest BCUT2D eigenvalue weighted by Gasteiger charge is 2.26. The molecule has 28 heavy (non-hydrogen) atoms. The second kappa shape index (κ2) is 9.03. The average molecular weight is 403 g/mol. The number of piperazine rings is 1. The van der Waals surface area contributed by atoms with Crippen molar-refractivity contribution in [1.29, 1.82) is 0 Å². The van der Waals surface area contributed by atoms with Crippen LogP contribution in [-0.4, -0.2) is 60.4 Å². The minimum Gasteiger partial charge on any atom is -0.362 e. The summed E-state index contributed by atoms with van der Waals surface area (Å²) in [7, 11) is 1.93. The molecule has 0 saturated carbocycles. The maximum atomic E-state index is 12.6. The summed E-state index contributed by atoms with van der Waals surface area (Å²) in [4.78, 5) is 29.2. The Kier molecular flexibility index (Phi) is 6.49. The average Bonchev–Trinajstić information content (AvgIpc) is 2.68. The van der Waals surface area contributed by atoms with E-state index < -0.39 is 4.92 Å². The van der Waals surface area contributed by atoms with Gasteiger partial charge in [-0.2, -0.15) is 0 Å². The van der Waals surface area contributed by atoms with Gasteiger partial charge in [0.2, 0.25) is 5.91 Å². The van der Waals surface area contributed by atoms with E-state index in [1.807, 2.05) is 52.1 Å². The summed E-state index contributed by atoms with van der Waals surface area (Å²) in [6.07, 6.45) is 0. The lowest BCUT2D eigenvalue weighted by molar-refractivity contribution is -0.384. The van der Waals surface area contributed by atoms with Crippen LogP contribution in [0.15, 0.2) is 48.5 Å². The van der Waals surface area contributed by atoms with Crippen molar-refractivity contribution in [3.8, 4) is 0 Å². The van der Waals surface area contributed by atoms with Gasteiger partial charge in [0.15, 0.2) is 0 Å². The predicted octanol–water partition coefficient (Wildman–Crippen LogP) is 3.03. The van der Waals surface area contributed by atoms with Crippen LogP contribution in [0, 0.1) is 10.1 Å². The van der Waals surface area contributed by atoms with Gasteiger partial charge in [0.1, 0.15) is 5.69 Å². The van der Waals surface area contributed by atoms with Crippen LogP contribution in [0.5, 0.6) is 0 Å². The number of nitro benzene ring substituents is 1. The smallest absolute Gasteiger partial charge is 0.294 e. The van der Waals surface area contributed by atoms with E-state index in [0.717, 1.165) is 5.56 Å². The molecule has 1 fully saturated rings. The molecule has 1 heterocycles. The Morgan fingerprint density at radius 2 is 1.82 bits per heavy atom. The molecule has 1 aliphatic rings. The van der Waals surface area contributed by atoms with Gasteiger partial charge in [-0.1, -0.05) is 41.9 Å². The van der Waals surface area contributed by atoms with Gasteiger partial charge in [-0.05, 0) is 24.7 Å². The number of likely N-dealkylation sites (N-methyl/N-ethyl adjacent to an activating group) is 1. The number of nitrogens with zero attached hydrogens (tertiary/aromatic N) is 4. The molecule has 8 heteroatoms. The zero-order valence-electron chi connectivity index (χ0n) is 15.8. The molecule has 0 atom stereocenters. The number of carbonyl (C=O) groups excluding carboxylic acids is 1. The van der Waals surface area contributed by atoms with Crippen LogP contribution in [0.1, 0.15) is 5.56 Å². The Morgan fingerprint density at radius 3 is 2.46 bits per heavy atom. The Morgan fingerprint density at radius 1 is 1.14 bits per heavy atom. The molecule has 0 bridgehead atoms. The fourth-order valence-electron chi connectivity index (χ4n) is 3.39. The van der Waals surface area contributed by atoms with E-state index in [4.69, 9.17) is 11.6 Å². The molecule has 0 aliphatic carbocycles. The van der Waals surface area contributed by atoms with Crippen molar-refractivity contribution in [2.75, 3.05) is 44.7 Å². The number of carbonyl (C=O) groups is 1. The molecule has 0 spiro atoms. The maximum Gasteiger partial charge on any atom is 0.294 e. The molecule has 7 nitrogen and oxygen atoms in total. The van der Waals surface area contributed by atoms with Crippen molar-refractivity contribution < 1.29 is 9.72 Å². The first-order chi connectivity index (χ1) is 13.4. The van der Waals surface area contributed by atoms with Crippen molar-refractivity contribution in [2.45, 2.75) is 6.54 Å². The molecule has 1 amide bonds. The minimum absolute atomic E-state index is 0.00475. The van der Waals surface area contributed by atoms with Gasteiger partial charge in [-0.15, -0.1) is 0 Å². The number of hydrogen-bond acceptors (Lipinski definition) is 5. The van der Waals surface area contributed by atoms with Gasteiger partial charge in [-0.3, -0.25) is 19.8 Å². The molecule has 2 aromatic carbocycles. The Labute approximate surface area is 169 Å². The molecule has 148 valence electrons. The van der Waals surface area contributed by atoms with Crippen LogP contribution >= 0.6 is 11.6 Å². The zero-order chi connectivity index (χ0) is 20.1. The SMILES string of the molecule is CN(CC(=O)N1CCN(c2ccc(Cl)cc2[N+](=O)[O-])CC1)Cc1ccccc1. The number of anilines is 1. The molecule has 0 unspecified atom stereocenters. The number of halogens is 1. The third-order valence-electron chi connectivity index (χ3n) is 4.81. The predicted molar refractivity (Wildman–Crippen MR) is 110 cm³/mol. The maximum absolute atomic E-state index is 12.6. The van der Waals surface area contributed by atoms with Gasteiger partial charge < -0.3 is 9.80 Å². The number of benzene rings is 2. The van der Waals surface area contributed by atoms with E-state index in [-0.39, 0.29) is 11.6 Å². The first-order valence-electron chi connectivity index (χ1n) is 9.13. The Bertz CT molecular complexity index is 839. The number of hydrogen-bond donors (Lipinski definition) is 0. The lowest BCUT2D eigenvalue weighted by atomic mass is 10.2. The largest absolute Gasteiger partial charge is 0.362 e. The fraction of sp³-hybridized carbons (Fsp3) is 0.350. The number of rotatable bonds is 6. The highest BCUT2D eigenvalue weighted by atomic mass is 35.5. The van der Waals surface area contributed by atoms with Gasteiger partial charge in [0.25, 0.3) is 5.69 Å². The van der Waals surface area contributed by atoms with E-state index in [0.29, 0.717) is 50.0 Å².